The number of nitrogens with zero attached hydrogens (tertiary/aromatic N) is 1. The molecule has 0 bridgehead atoms. The number of carbonyl (C=O) groups is 1. The van der Waals surface area contributed by atoms with Crippen molar-refractivity contribution in [3.63, 3.8) is 0 Å². The van der Waals surface area contributed by atoms with Crippen LogP contribution in [0, 0.1) is 28.9 Å². The van der Waals surface area contributed by atoms with Crippen LogP contribution >= 0.6 is 11.8 Å². The molecule has 106 valence electrons. The van der Waals surface area contributed by atoms with E-state index >= 15 is 0 Å². The van der Waals surface area contributed by atoms with E-state index in [4.69, 9.17) is 5.26 Å². The van der Waals surface area contributed by atoms with Crippen LogP contribution in [0.5, 0.6) is 0 Å². The summed E-state index contributed by atoms with van der Waals surface area (Å²) in [6.07, 6.45) is 1.85. The summed E-state index contributed by atoms with van der Waals surface area (Å²) in [5, 5.41) is 11.8. The van der Waals surface area contributed by atoms with Gasteiger partial charge in [-0.15, -0.1) is 11.8 Å². The average Bonchev–Trinajstić information content (AvgIpc) is 3.24. The number of hydrogen-bond acceptors (Lipinski definition) is 3. The predicted molar refractivity (Wildman–Crippen MR) is 72.0 cm³/mol. The number of nitriles is 1. The maximum Gasteiger partial charge on any atom is 0.231 e. The first kappa shape index (κ1) is 14.8. The second-order valence-corrected chi connectivity index (χ2v) is 6.02. The lowest BCUT2D eigenvalue weighted by molar-refractivity contribution is -0.119. The minimum Gasteiger partial charge on any atom is -0.337 e. The van der Waals surface area contributed by atoms with Crippen molar-refractivity contribution in [3.05, 3.63) is 29.8 Å². The molecule has 1 aliphatic carbocycles. The van der Waals surface area contributed by atoms with Gasteiger partial charge in [-0.25, -0.2) is 8.78 Å². The van der Waals surface area contributed by atoms with E-state index in [1.165, 1.54) is 0 Å². The summed E-state index contributed by atoms with van der Waals surface area (Å²) in [5.74, 6) is -1.32. The zero-order valence-corrected chi connectivity index (χ0v) is 11.8. The summed E-state index contributed by atoms with van der Waals surface area (Å²) in [7, 11) is 0. The molecule has 0 aliphatic heterocycles. The monoisotopic (exact) mass is 296 g/mol. The van der Waals surface area contributed by atoms with E-state index in [0.717, 1.165) is 42.8 Å². The van der Waals surface area contributed by atoms with Gasteiger partial charge >= 0.3 is 0 Å². The van der Waals surface area contributed by atoms with E-state index in [0.29, 0.717) is 0 Å². The van der Waals surface area contributed by atoms with Gasteiger partial charge in [0.2, 0.25) is 5.91 Å². The van der Waals surface area contributed by atoms with Crippen molar-refractivity contribution in [2.75, 3.05) is 5.75 Å². The molecule has 0 saturated heterocycles. The molecular formula is C14H14F2N2OS. The molecule has 1 fully saturated rings. The normalized spacial score (nSPS) is 17.1. The molecule has 1 aromatic rings. The van der Waals surface area contributed by atoms with Gasteiger partial charge in [0, 0.05) is 4.90 Å². The van der Waals surface area contributed by atoms with Gasteiger partial charge in [-0.2, -0.15) is 5.26 Å². The molecule has 0 radical (unpaired) electrons. The summed E-state index contributed by atoms with van der Waals surface area (Å²) in [6, 6.07) is 5.22. The zero-order chi connectivity index (χ0) is 14.8. The van der Waals surface area contributed by atoms with Gasteiger partial charge in [0.15, 0.2) is 0 Å². The van der Waals surface area contributed by atoms with Crippen LogP contribution in [0.3, 0.4) is 0 Å². The number of carbonyl (C=O) groups excluding carboxylic acids is 1. The second kappa shape index (κ2) is 5.80. The molecule has 1 unspecified atom stereocenters. The number of halogens is 2. The molecule has 3 nitrogen and oxygen atoms in total. The third kappa shape index (κ3) is 3.48. The van der Waals surface area contributed by atoms with Gasteiger partial charge in [0.05, 0.1) is 11.8 Å². The van der Waals surface area contributed by atoms with Crippen LogP contribution in [0.1, 0.15) is 19.8 Å². The Bertz CT molecular complexity index is 569. The Hall–Kier alpha value is -1.61. The number of nitrogens with one attached hydrogen (secondary N) is 1. The van der Waals surface area contributed by atoms with E-state index in [2.05, 4.69) is 11.4 Å². The van der Waals surface area contributed by atoms with Crippen molar-refractivity contribution < 1.29 is 13.6 Å². The predicted octanol–water partition coefficient (Wildman–Crippen LogP) is 2.87. The molecule has 1 amide bonds. The van der Waals surface area contributed by atoms with Gasteiger partial charge in [0.1, 0.15) is 17.2 Å². The Morgan fingerprint density at radius 2 is 2.25 bits per heavy atom. The van der Waals surface area contributed by atoms with E-state index in [1.807, 2.05) is 0 Å². The second-order valence-electron chi connectivity index (χ2n) is 5.00. The van der Waals surface area contributed by atoms with Crippen molar-refractivity contribution in [2.45, 2.75) is 30.2 Å². The quantitative estimate of drug-likeness (QED) is 0.850. The third-order valence-electron chi connectivity index (χ3n) is 3.28. The van der Waals surface area contributed by atoms with Gasteiger partial charge in [-0.1, -0.05) is 0 Å². The van der Waals surface area contributed by atoms with Crippen LogP contribution in [-0.4, -0.2) is 17.2 Å². The fourth-order valence-corrected chi connectivity index (χ4v) is 2.70. The molecular weight excluding hydrogens is 282 g/mol. The highest BCUT2D eigenvalue weighted by molar-refractivity contribution is 8.00. The molecule has 1 atom stereocenters. The Balaban J connectivity index is 1.92. The molecule has 6 heteroatoms. The topological polar surface area (TPSA) is 52.9 Å². The summed E-state index contributed by atoms with van der Waals surface area (Å²) in [6.45, 7) is 1.69. The molecule has 1 aliphatic rings. The van der Waals surface area contributed by atoms with Crippen LogP contribution < -0.4 is 5.32 Å². The number of hydrogen-bond donors (Lipinski definition) is 1. The molecule has 1 N–H and O–H groups in total. The number of rotatable bonds is 5. The first-order valence-corrected chi connectivity index (χ1v) is 7.23. The molecule has 2 rings (SSSR count). The molecule has 0 heterocycles. The maximum absolute atomic E-state index is 13.4. The molecule has 0 aromatic heterocycles. The summed E-state index contributed by atoms with van der Waals surface area (Å²) in [5.41, 5.74) is -0.863. The Morgan fingerprint density at radius 3 is 2.85 bits per heavy atom. The molecule has 0 spiro atoms. The van der Waals surface area contributed by atoms with Crippen LogP contribution in [0.2, 0.25) is 0 Å². The summed E-state index contributed by atoms with van der Waals surface area (Å²) >= 11 is 0.916. The fraction of sp³-hybridized carbons (Fsp3) is 0.429. The van der Waals surface area contributed by atoms with E-state index in [9.17, 15) is 13.6 Å². The van der Waals surface area contributed by atoms with E-state index in [-0.39, 0.29) is 22.5 Å². The highest BCUT2D eigenvalue weighted by Gasteiger charge is 2.42. The average molecular weight is 296 g/mol. The van der Waals surface area contributed by atoms with Crippen LogP contribution in [0.25, 0.3) is 0 Å². The largest absolute Gasteiger partial charge is 0.337 e. The Kier molecular flexibility index (Phi) is 4.29. The first-order chi connectivity index (χ1) is 9.44. The standard InChI is InChI=1S/C14H14F2N2OS/c1-14(8-17,9-2-3-9)18-13(19)7-20-12-6-10(15)4-5-11(12)16/h4-6,9H,2-3,7H2,1H3,(H,18,19). The van der Waals surface area contributed by atoms with Gasteiger partial charge < -0.3 is 5.32 Å². The van der Waals surface area contributed by atoms with Crippen LogP contribution in [-0.2, 0) is 4.79 Å². The highest BCUT2D eigenvalue weighted by atomic mass is 32.2. The first-order valence-electron chi connectivity index (χ1n) is 6.25. The summed E-state index contributed by atoms with van der Waals surface area (Å²) < 4.78 is 26.4. The van der Waals surface area contributed by atoms with Crippen molar-refractivity contribution in [1.82, 2.24) is 5.32 Å². The van der Waals surface area contributed by atoms with E-state index < -0.39 is 17.2 Å². The Labute approximate surface area is 120 Å². The van der Waals surface area contributed by atoms with Gasteiger partial charge in [-0.05, 0) is 43.9 Å². The van der Waals surface area contributed by atoms with Crippen molar-refractivity contribution >= 4 is 17.7 Å². The smallest absolute Gasteiger partial charge is 0.231 e. The fourth-order valence-electron chi connectivity index (χ4n) is 1.94. The zero-order valence-electron chi connectivity index (χ0n) is 11.0. The van der Waals surface area contributed by atoms with Crippen molar-refractivity contribution in [2.24, 2.45) is 5.92 Å². The maximum atomic E-state index is 13.4. The highest BCUT2D eigenvalue weighted by Crippen LogP contribution is 2.39. The third-order valence-corrected chi connectivity index (χ3v) is 4.31. The molecule has 20 heavy (non-hydrogen) atoms. The Morgan fingerprint density at radius 1 is 1.55 bits per heavy atom. The van der Waals surface area contributed by atoms with Crippen molar-refractivity contribution in [3.8, 4) is 6.07 Å². The minimum absolute atomic E-state index is 0.0512. The summed E-state index contributed by atoms with van der Waals surface area (Å²) in [4.78, 5) is 11.9. The molecule has 1 saturated carbocycles. The number of benzene rings is 1. The van der Waals surface area contributed by atoms with Crippen LogP contribution in [0.15, 0.2) is 23.1 Å². The van der Waals surface area contributed by atoms with Gasteiger partial charge in [0.25, 0.3) is 0 Å². The lowest BCUT2D eigenvalue weighted by atomic mass is 9.98. The van der Waals surface area contributed by atoms with Gasteiger partial charge in [-0.3, -0.25) is 4.79 Å². The van der Waals surface area contributed by atoms with Crippen LogP contribution in [0.4, 0.5) is 8.78 Å². The lowest BCUT2D eigenvalue weighted by Gasteiger charge is -2.22. The SMILES string of the molecule is CC(C#N)(NC(=O)CSc1cc(F)ccc1F)C1CC1. The lowest BCUT2D eigenvalue weighted by Crippen LogP contribution is -2.47. The number of thioether (sulfide) groups is 1. The number of amides is 1. The van der Waals surface area contributed by atoms with E-state index in [1.54, 1.807) is 6.92 Å². The molecule has 1 aromatic carbocycles. The van der Waals surface area contributed by atoms with Crippen molar-refractivity contribution in [1.29, 1.82) is 5.26 Å². The minimum atomic E-state index is -0.863.